The highest BCUT2D eigenvalue weighted by Crippen LogP contribution is 1.94. The van der Waals surface area contributed by atoms with Gasteiger partial charge in [0.1, 0.15) is 11.0 Å². The Morgan fingerprint density at radius 1 is 1.00 bits per heavy atom. The summed E-state index contributed by atoms with van der Waals surface area (Å²) in [7, 11) is 0. The van der Waals surface area contributed by atoms with Gasteiger partial charge in [-0.25, -0.2) is 0 Å². The van der Waals surface area contributed by atoms with Gasteiger partial charge in [-0.3, -0.25) is 0 Å². The monoisotopic (exact) mass is 128 g/mol. The fourth-order valence-electron chi connectivity index (χ4n) is 0. The molecule has 0 aliphatic heterocycles. The average Bonchev–Trinajstić information content (AvgIpc) is 1.36. The first-order chi connectivity index (χ1) is 2.64. The highest BCUT2D eigenvalue weighted by Gasteiger charge is 2.01. The van der Waals surface area contributed by atoms with E-state index in [0.717, 1.165) is 0 Å². The molecule has 0 saturated carbocycles. The minimum Gasteiger partial charge on any atom is -0.313 e. The minimum atomic E-state index is -0.633. The number of rotatable bonds is 1. The summed E-state index contributed by atoms with van der Waals surface area (Å²) in [5.74, 6) is 0. The normalized spacial score (nSPS) is 20.0. The molecule has 0 aliphatic carbocycles. The van der Waals surface area contributed by atoms with E-state index in [0.29, 0.717) is 0 Å². The van der Waals surface area contributed by atoms with Crippen LogP contribution in [0, 0.1) is 0 Å². The van der Waals surface area contributed by atoms with Gasteiger partial charge in [-0.05, 0) is 0 Å². The third-order valence-electron chi connectivity index (χ3n) is 0.304. The van der Waals surface area contributed by atoms with Crippen LogP contribution >= 0.6 is 23.2 Å². The van der Waals surface area contributed by atoms with Crippen molar-refractivity contribution < 1.29 is 0 Å². The molecule has 2 atom stereocenters. The first-order valence-corrected chi connectivity index (χ1v) is 2.31. The maximum atomic E-state index is 5.13. The van der Waals surface area contributed by atoms with Gasteiger partial charge in [0.05, 0.1) is 0 Å². The molecule has 0 fully saturated rings. The molecule has 2 nitrogen and oxygen atoms in total. The lowest BCUT2D eigenvalue weighted by Gasteiger charge is -2.01. The van der Waals surface area contributed by atoms with Crippen molar-refractivity contribution in [1.82, 2.24) is 0 Å². The summed E-state index contributed by atoms with van der Waals surface area (Å²) < 4.78 is 0. The van der Waals surface area contributed by atoms with Crippen molar-refractivity contribution >= 4 is 23.2 Å². The molecule has 0 rings (SSSR count). The Kier molecular flexibility index (Phi) is 2.86. The molecule has 0 saturated heterocycles. The zero-order chi connectivity index (χ0) is 5.15. The number of nitrogens with two attached hydrogens (primary N) is 2. The van der Waals surface area contributed by atoms with Gasteiger partial charge in [-0.15, -0.1) is 23.2 Å². The molecular weight excluding hydrogens is 123 g/mol. The van der Waals surface area contributed by atoms with Crippen LogP contribution in [-0.4, -0.2) is 11.0 Å². The van der Waals surface area contributed by atoms with Gasteiger partial charge < -0.3 is 11.5 Å². The van der Waals surface area contributed by atoms with Crippen LogP contribution in [-0.2, 0) is 0 Å². The summed E-state index contributed by atoms with van der Waals surface area (Å²) in [6, 6.07) is 0. The Bertz CT molecular complexity index is 30.5. The van der Waals surface area contributed by atoms with E-state index in [2.05, 4.69) is 0 Å². The van der Waals surface area contributed by atoms with E-state index in [-0.39, 0.29) is 0 Å². The van der Waals surface area contributed by atoms with Crippen LogP contribution in [0.25, 0.3) is 0 Å². The largest absolute Gasteiger partial charge is 0.313 e. The number of halogens is 2. The van der Waals surface area contributed by atoms with Crippen LogP contribution < -0.4 is 11.5 Å². The third kappa shape index (κ3) is 2.72. The summed E-state index contributed by atoms with van der Waals surface area (Å²) in [4.78, 5) is 0. The zero-order valence-electron chi connectivity index (χ0n) is 3.07. The number of alkyl halides is 2. The van der Waals surface area contributed by atoms with Gasteiger partial charge in [0.2, 0.25) is 0 Å². The summed E-state index contributed by atoms with van der Waals surface area (Å²) in [5.41, 5.74) is 8.62. The molecular formula is C2H6Cl2N2. The molecule has 38 valence electrons. The fourth-order valence-corrected chi connectivity index (χ4v) is 0. The van der Waals surface area contributed by atoms with Crippen LogP contribution in [0.3, 0.4) is 0 Å². The Morgan fingerprint density at radius 2 is 1.17 bits per heavy atom. The lowest BCUT2D eigenvalue weighted by atomic mass is 10.7. The van der Waals surface area contributed by atoms with E-state index >= 15 is 0 Å². The predicted octanol–water partition coefficient (Wildman–Crippen LogP) is 0.0336. The Balaban J connectivity index is 2.99. The van der Waals surface area contributed by atoms with Crippen molar-refractivity contribution in [3.8, 4) is 0 Å². The van der Waals surface area contributed by atoms with Crippen molar-refractivity contribution in [2.75, 3.05) is 0 Å². The molecule has 0 spiro atoms. The smallest absolute Gasteiger partial charge is 0.109 e. The minimum absolute atomic E-state index is 0.633. The molecule has 2 unspecified atom stereocenters. The molecule has 0 aliphatic rings. The topological polar surface area (TPSA) is 52.0 Å². The van der Waals surface area contributed by atoms with Crippen LogP contribution in [0.15, 0.2) is 0 Å². The van der Waals surface area contributed by atoms with E-state index in [4.69, 9.17) is 34.7 Å². The number of hydrogen-bond acceptors (Lipinski definition) is 2. The maximum absolute atomic E-state index is 5.13. The van der Waals surface area contributed by atoms with Crippen LogP contribution in [0.4, 0.5) is 0 Å². The second kappa shape index (κ2) is 2.64. The van der Waals surface area contributed by atoms with Crippen LogP contribution in [0.1, 0.15) is 0 Å². The van der Waals surface area contributed by atoms with Crippen molar-refractivity contribution in [3.05, 3.63) is 0 Å². The van der Waals surface area contributed by atoms with Gasteiger partial charge in [-0.1, -0.05) is 0 Å². The van der Waals surface area contributed by atoms with Crippen LogP contribution in [0.2, 0.25) is 0 Å². The fraction of sp³-hybridized carbons (Fsp3) is 1.00. The number of hydrogen-bond donors (Lipinski definition) is 2. The lowest BCUT2D eigenvalue weighted by Crippen LogP contribution is -2.31. The van der Waals surface area contributed by atoms with Gasteiger partial charge in [0, 0.05) is 0 Å². The van der Waals surface area contributed by atoms with E-state index in [9.17, 15) is 0 Å². The second-order valence-electron chi connectivity index (χ2n) is 0.889. The molecule has 4 N–H and O–H groups in total. The SMILES string of the molecule is NC(Cl)C(N)Cl. The summed E-state index contributed by atoms with van der Waals surface area (Å²) in [6.07, 6.45) is 0. The third-order valence-corrected chi connectivity index (χ3v) is 0.976. The first-order valence-electron chi connectivity index (χ1n) is 1.44. The molecule has 0 aromatic heterocycles. The summed E-state index contributed by atoms with van der Waals surface area (Å²) in [5, 5.41) is 0. The van der Waals surface area contributed by atoms with E-state index in [1.54, 1.807) is 0 Å². The molecule has 4 heteroatoms. The molecule has 6 heavy (non-hydrogen) atoms. The van der Waals surface area contributed by atoms with Crippen molar-refractivity contribution in [3.63, 3.8) is 0 Å². The van der Waals surface area contributed by atoms with Gasteiger partial charge >= 0.3 is 0 Å². The van der Waals surface area contributed by atoms with Crippen LogP contribution in [0.5, 0.6) is 0 Å². The lowest BCUT2D eigenvalue weighted by molar-refractivity contribution is 0.833. The maximum Gasteiger partial charge on any atom is 0.109 e. The summed E-state index contributed by atoms with van der Waals surface area (Å²) in [6.45, 7) is 0. The van der Waals surface area contributed by atoms with Crippen molar-refractivity contribution in [2.45, 2.75) is 11.0 Å². The molecule has 0 radical (unpaired) electrons. The van der Waals surface area contributed by atoms with Gasteiger partial charge in [-0.2, -0.15) is 0 Å². The van der Waals surface area contributed by atoms with Gasteiger partial charge in [0.25, 0.3) is 0 Å². The Morgan fingerprint density at radius 3 is 1.17 bits per heavy atom. The Labute approximate surface area is 46.4 Å². The molecule has 0 amide bonds. The highest BCUT2D eigenvalue weighted by atomic mass is 35.5. The molecule has 0 aromatic rings. The molecule has 0 heterocycles. The highest BCUT2D eigenvalue weighted by molar-refractivity contribution is 6.29. The van der Waals surface area contributed by atoms with Crippen molar-refractivity contribution in [1.29, 1.82) is 0 Å². The predicted molar refractivity (Wildman–Crippen MR) is 27.7 cm³/mol. The second-order valence-corrected chi connectivity index (χ2v) is 1.90. The molecule has 0 aromatic carbocycles. The zero-order valence-corrected chi connectivity index (χ0v) is 4.58. The summed E-state index contributed by atoms with van der Waals surface area (Å²) >= 11 is 10.3. The van der Waals surface area contributed by atoms with E-state index in [1.165, 1.54) is 0 Å². The van der Waals surface area contributed by atoms with E-state index in [1.807, 2.05) is 0 Å². The quantitative estimate of drug-likeness (QED) is 0.387. The standard InChI is InChI=1S/C2H6Cl2N2/c3-1(5)2(4)6/h1-2H,5-6H2. The molecule has 0 bridgehead atoms. The van der Waals surface area contributed by atoms with E-state index < -0.39 is 11.0 Å². The Hall–Kier alpha value is 0.500. The average molecular weight is 129 g/mol. The van der Waals surface area contributed by atoms with Crippen molar-refractivity contribution in [2.24, 2.45) is 11.5 Å². The first kappa shape index (κ1) is 6.50. The van der Waals surface area contributed by atoms with Gasteiger partial charge in [0.15, 0.2) is 0 Å².